The maximum absolute atomic E-state index is 10.5. The molecule has 0 saturated heterocycles. The number of nitrogens with zero attached hydrogens (tertiary/aromatic N) is 4. The summed E-state index contributed by atoms with van der Waals surface area (Å²) in [6.07, 6.45) is 7.21. The van der Waals surface area contributed by atoms with Crippen LogP contribution < -0.4 is 59.1 Å². The molecule has 0 spiro atoms. The van der Waals surface area contributed by atoms with E-state index in [2.05, 4.69) is 164 Å². The number of halogens is 6. The van der Waals surface area contributed by atoms with Gasteiger partial charge in [0.2, 0.25) is 0 Å². The summed E-state index contributed by atoms with van der Waals surface area (Å²) in [5, 5.41) is 67.5. The molecule has 0 atom stereocenters. The van der Waals surface area contributed by atoms with Crippen LogP contribution in [0.15, 0.2) is 234 Å². The van der Waals surface area contributed by atoms with Crippen LogP contribution in [0.2, 0.25) is 0 Å². The number of aromatic nitrogens is 4. The third-order valence-electron chi connectivity index (χ3n) is 13.0. The van der Waals surface area contributed by atoms with Crippen molar-refractivity contribution in [3.8, 4) is 34.5 Å². The number of pyridine rings is 4. The summed E-state index contributed by atoms with van der Waals surface area (Å²) in [6.45, 7) is 0. The molecule has 0 aliphatic rings. The molecule has 30 heteroatoms. The van der Waals surface area contributed by atoms with Gasteiger partial charge in [-0.2, -0.15) is 0 Å². The molecule has 0 unspecified atom stereocenters. The van der Waals surface area contributed by atoms with Crippen LogP contribution in [-0.4, -0.2) is 98.4 Å². The van der Waals surface area contributed by atoms with Crippen molar-refractivity contribution < 1.29 is 169 Å². The van der Waals surface area contributed by atoms with Gasteiger partial charge in [-0.05, 0) is 133 Å². The van der Waals surface area contributed by atoms with Crippen molar-refractivity contribution in [3.05, 3.63) is 267 Å². The standard InChI is InChI=1S/2C12H8N2.6C8H7BrO3.2Sm/c2*1-3-9-5-6-10-4-2-8-14-12(10)11(9)13-7-1;6*1-12-5-2-3-7(9)6(4-5)8(10)11;;/h2*1-8H;6*2-4H,1H3,(H,10,11);;/q;;;;;;;;2*+3/p-6. The molecule has 0 aliphatic heterocycles. The largest absolute Gasteiger partial charge is 3.00 e. The van der Waals surface area contributed by atoms with Crippen molar-refractivity contribution >= 4 is 175 Å². The summed E-state index contributed by atoms with van der Waals surface area (Å²) in [5.74, 6) is -4.34. The van der Waals surface area contributed by atoms with Crippen molar-refractivity contribution in [2.24, 2.45) is 0 Å². The Balaban J connectivity index is 0.000000303. The van der Waals surface area contributed by atoms with E-state index >= 15 is 0 Å². The van der Waals surface area contributed by atoms with Gasteiger partial charge in [0.25, 0.3) is 0 Å². The molecule has 102 heavy (non-hydrogen) atoms. The fourth-order valence-electron chi connectivity index (χ4n) is 8.09. The van der Waals surface area contributed by atoms with Gasteiger partial charge in [0.15, 0.2) is 0 Å². The number of carboxylic acid groups (broad SMARTS) is 6. The SMILES string of the molecule is COc1ccc(Br)c(C(=O)[O-])c1.COc1ccc(Br)c(C(=O)[O-])c1.COc1ccc(Br)c(C(=O)[O-])c1.COc1ccc(Br)c(C(=O)[O-])c1.COc1ccc(Br)c(C(=O)[O-])c1.COc1ccc(Br)c(C(=O)[O-])c1.[Sm+3].[Sm+3].c1cnc2c(c1)ccc1cccnc12.c1cnc2c(c1)ccc1cccnc12. The maximum Gasteiger partial charge on any atom is 3.00 e. The minimum absolute atomic E-state index is 0. The number of rotatable bonds is 12. The molecule has 22 nitrogen and oxygen atoms in total. The van der Waals surface area contributed by atoms with Crippen molar-refractivity contribution in [2.45, 2.75) is 0 Å². The molecule has 12 rings (SSSR count). The second-order valence-corrected chi connectivity index (χ2v) is 24.4. The molecule has 2 radical (unpaired) electrons. The number of hydrogen-bond acceptors (Lipinski definition) is 22. The second-order valence-electron chi connectivity index (χ2n) is 19.2. The molecule has 0 amide bonds. The molecule has 4 heterocycles. The van der Waals surface area contributed by atoms with Gasteiger partial charge < -0.3 is 87.8 Å². The van der Waals surface area contributed by atoms with Gasteiger partial charge in [-0.1, -0.05) is 144 Å². The first-order valence-electron chi connectivity index (χ1n) is 28.3. The van der Waals surface area contributed by atoms with Crippen molar-refractivity contribution in [1.82, 2.24) is 19.9 Å². The predicted molar refractivity (Wildman–Crippen MR) is 384 cm³/mol. The molecule has 0 N–H and O–H groups in total. The molecular weight excluding hydrogens is 1990 g/mol. The summed E-state index contributed by atoms with van der Waals surface area (Å²) in [7, 11) is 8.85. The van der Waals surface area contributed by atoms with E-state index in [1.165, 1.54) is 79.1 Å². The van der Waals surface area contributed by atoms with Crippen LogP contribution in [0.25, 0.3) is 43.6 Å². The fourth-order valence-corrected chi connectivity index (χ4v) is 10.5. The number of hydrogen-bond donors (Lipinski definition) is 0. The van der Waals surface area contributed by atoms with Crippen LogP contribution in [-0.2, 0) is 0 Å². The summed E-state index contributed by atoms with van der Waals surface area (Å²) in [4.78, 5) is 80.3. The number of methoxy groups -OCH3 is 6. The van der Waals surface area contributed by atoms with Crippen LogP contribution in [0, 0.1) is 80.8 Å². The van der Waals surface area contributed by atoms with Crippen LogP contribution >= 0.6 is 95.6 Å². The first kappa shape index (κ1) is 88.8. The molecule has 12 aromatic rings. The summed E-state index contributed by atoms with van der Waals surface area (Å²) >= 11 is 18.5. The fraction of sp³-hybridized carbons (Fsp3) is 0.0833. The molecule has 0 fully saturated rings. The van der Waals surface area contributed by atoms with Crippen LogP contribution in [0.5, 0.6) is 34.5 Å². The Kier molecular flexibility index (Phi) is 39.7. The van der Waals surface area contributed by atoms with E-state index in [0.29, 0.717) is 61.3 Å². The van der Waals surface area contributed by atoms with Gasteiger partial charge in [-0.15, -0.1) is 0 Å². The summed E-state index contributed by atoms with van der Waals surface area (Å²) in [6, 6.07) is 52.3. The van der Waals surface area contributed by atoms with E-state index < -0.39 is 35.8 Å². The van der Waals surface area contributed by atoms with E-state index in [1.807, 2.05) is 24.3 Å². The minimum Gasteiger partial charge on any atom is -0.545 e. The van der Waals surface area contributed by atoms with Gasteiger partial charge in [0, 0.05) is 107 Å². The Morgan fingerprint density at radius 3 is 0.529 bits per heavy atom. The number of fused-ring (bicyclic) bond motifs is 6. The second kappa shape index (κ2) is 45.6. The zero-order valence-electron chi connectivity index (χ0n) is 53.9. The molecule has 0 bridgehead atoms. The Morgan fingerprint density at radius 2 is 0.402 bits per heavy atom. The maximum atomic E-state index is 10.5. The van der Waals surface area contributed by atoms with Gasteiger partial charge in [-0.3, -0.25) is 19.9 Å². The summed E-state index contributed by atoms with van der Waals surface area (Å²) in [5.41, 5.74) is 4.46. The first-order valence-corrected chi connectivity index (χ1v) is 33.0. The predicted octanol–water partition coefficient (Wildman–Crippen LogP) is 10.5. The number of benzene rings is 8. The summed E-state index contributed by atoms with van der Waals surface area (Å²) < 4.78 is 32.0. The van der Waals surface area contributed by atoms with E-state index in [0.717, 1.165) is 43.6 Å². The molecule has 0 aliphatic carbocycles. The average Bonchev–Trinajstić information content (AvgIpc) is 0.807. The minimum atomic E-state index is -1.22. The molecule has 4 aromatic heterocycles. The van der Waals surface area contributed by atoms with Crippen LogP contribution in [0.1, 0.15) is 62.1 Å². The topological polar surface area (TPSA) is 348 Å². The number of carbonyl (C=O) groups is 6. The molecular formula is C72H52Br6N4O18Sm2. The van der Waals surface area contributed by atoms with E-state index in [-0.39, 0.29) is 114 Å². The van der Waals surface area contributed by atoms with Crippen molar-refractivity contribution in [1.29, 1.82) is 0 Å². The quantitative estimate of drug-likeness (QED) is 0.103. The zero-order valence-corrected chi connectivity index (χ0v) is 68.6. The van der Waals surface area contributed by atoms with Gasteiger partial charge >= 0.3 is 80.8 Å². The van der Waals surface area contributed by atoms with Crippen molar-refractivity contribution in [3.63, 3.8) is 0 Å². The number of carboxylic acids is 6. The Hall–Kier alpha value is -7.42. The van der Waals surface area contributed by atoms with Gasteiger partial charge in [0.1, 0.15) is 34.5 Å². The number of aromatic carboxylic acids is 6. The normalized spacial score (nSPS) is 9.69. The van der Waals surface area contributed by atoms with Crippen LogP contribution in [0.4, 0.5) is 0 Å². The number of carbonyl (C=O) groups excluding carboxylic acids is 6. The van der Waals surface area contributed by atoms with Crippen LogP contribution in [0.3, 0.4) is 0 Å². The smallest absolute Gasteiger partial charge is 0.545 e. The zero-order chi connectivity index (χ0) is 73.6. The first-order chi connectivity index (χ1) is 47.8. The average molecular weight is 2040 g/mol. The Labute approximate surface area is 699 Å². The third-order valence-corrected chi connectivity index (χ3v) is 17.2. The number of ether oxygens (including phenoxy) is 6. The van der Waals surface area contributed by atoms with Crippen molar-refractivity contribution in [2.75, 3.05) is 42.7 Å². The Bertz CT molecular complexity index is 4160. The van der Waals surface area contributed by atoms with E-state index in [9.17, 15) is 59.4 Å². The monoisotopic (exact) mass is 2040 g/mol. The molecule has 8 aromatic carbocycles. The Morgan fingerprint density at radius 1 is 0.255 bits per heavy atom. The molecule has 0 saturated carbocycles. The van der Waals surface area contributed by atoms with Gasteiger partial charge in [0.05, 0.1) is 101 Å². The van der Waals surface area contributed by atoms with E-state index in [4.69, 9.17) is 28.4 Å². The molecule has 522 valence electrons. The third kappa shape index (κ3) is 27.3. The van der Waals surface area contributed by atoms with E-state index in [1.54, 1.807) is 97.6 Å². The van der Waals surface area contributed by atoms with Gasteiger partial charge in [-0.25, -0.2) is 0 Å².